The molecule has 0 heterocycles. The van der Waals surface area contributed by atoms with Crippen LogP contribution in [0.4, 0.5) is 0 Å². The molecule has 1 fully saturated rings. The molecule has 2 aliphatic carbocycles. The monoisotopic (exact) mass is 502 g/mol. The number of Topliss-reactive ketones (excluding diaryl/α,β-unsaturated/α-hetero) is 1. The molecule has 0 spiro atoms. The van der Waals surface area contributed by atoms with E-state index in [0.717, 1.165) is 30.4 Å². The van der Waals surface area contributed by atoms with Gasteiger partial charge in [0, 0.05) is 5.56 Å². The average Bonchev–Trinajstić information content (AvgIpc) is 2.92. The number of hydrogen-bond donors (Lipinski definition) is 0. The normalized spacial score (nSPS) is 25.5. The van der Waals surface area contributed by atoms with E-state index in [9.17, 15) is 14.4 Å². The van der Waals surface area contributed by atoms with Gasteiger partial charge in [0.1, 0.15) is 6.10 Å². The van der Waals surface area contributed by atoms with Crippen LogP contribution >= 0.6 is 0 Å². The number of carbonyl (C=O) groups is 3. The molecule has 0 aromatic heterocycles. The molecule has 0 amide bonds. The third-order valence-electron chi connectivity index (χ3n) is 7.93. The zero-order chi connectivity index (χ0) is 26.4. The Morgan fingerprint density at radius 3 is 2.11 bits per heavy atom. The maximum Gasteiger partial charge on any atom is 0.310 e. The highest BCUT2D eigenvalue weighted by atomic mass is 16.5. The summed E-state index contributed by atoms with van der Waals surface area (Å²) in [6.07, 6.45) is 7.65. The lowest BCUT2D eigenvalue weighted by Gasteiger charge is -2.38. The van der Waals surface area contributed by atoms with Crippen LogP contribution in [0, 0.1) is 29.6 Å². The van der Waals surface area contributed by atoms with Crippen molar-refractivity contribution in [1.29, 1.82) is 0 Å². The third-order valence-corrected chi connectivity index (χ3v) is 7.93. The van der Waals surface area contributed by atoms with E-state index >= 15 is 0 Å². The Morgan fingerprint density at radius 1 is 0.838 bits per heavy atom. The van der Waals surface area contributed by atoms with Gasteiger partial charge in [-0.3, -0.25) is 14.4 Å². The number of ether oxygens (including phenoxy) is 2. The molecule has 4 rings (SSSR count). The molecule has 2 aromatic carbocycles. The van der Waals surface area contributed by atoms with Crippen molar-refractivity contribution in [2.24, 2.45) is 29.6 Å². The summed E-state index contributed by atoms with van der Waals surface area (Å²) in [5.41, 5.74) is 2.56. The maximum absolute atomic E-state index is 13.2. The van der Waals surface area contributed by atoms with Crippen LogP contribution in [0.25, 0.3) is 11.1 Å². The first kappa shape index (κ1) is 26.8. The second-order valence-corrected chi connectivity index (χ2v) is 10.9. The Morgan fingerprint density at radius 2 is 1.46 bits per heavy atom. The highest BCUT2D eigenvalue weighted by molar-refractivity contribution is 5.98. The van der Waals surface area contributed by atoms with Gasteiger partial charge in [0.05, 0.1) is 11.8 Å². The zero-order valence-corrected chi connectivity index (χ0v) is 22.1. The molecule has 0 N–H and O–H groups in total. The fourth-order valence-corrected chi connectivity index (χ4v) is 5.63. The van der Waals surface area contributed by atoms with Gasteiger partial charge in [-0.15, -0.1) is 0 Å². The van der Waals surface area contributed by atoms with Crippen LogP contribution < -0.4 is 0 Å². The molecule has 0 bridgehead atoms. The molecule has 37 heavy (non-hydrogen) atoms. The minimum absolute atomic E-state index is 0.112. The number of rotatable bonds is 8. The number of benzene rings is 2. The topological polar surface area (TPSA) is 69.7 Å². The van der Waals surface area contributed by atoms with Crippen molar-refractivity contribution in [3.63, 3.8) is 0 Å². The second kappa shape index (κ2) is 12.4. The van der Waals surface area contributed by atoms with Gasteiger partial charge in [-0.1, -0.05) is 93.9 Å². The first-order chi connectivity index (χ1) is 17.8. The Hall–Kier alpha value is -3.21. The Labute approximate surface area is 220 Å². The van der Waals surface area contributed by atoms with Crippen molar-refractivity contribution < 1.29 is 23.9 Å². The molecule has 2 aromatic rings. The summed E-state index contributed by atoms with van der Waals surface area (Å²) in [5, 5.41) is 0. The molecule has 5 atom stereocenters. The van der Waals surface area contributed by atoms with Gasteiger partial charge in [-0.2, -0.15) is 0 Å². The van der Waals surface area contributed by atoms with Crippen LogP contribution in [-0.4, -0.2) is 30.4 Å². The fraction of sp³-hybridized carbons (Fsp3) is 0.469. The Bertz CT molecular complexity index is 1100. The molecule has 2 aliphatic rings. The molecule has 0 aliphatic heterocycles. The fourth-order valence-electron chi connectivity index (χ4n) is 5.63. The van der Waals surface area contributed by atoms with E-state index in [-0.39, 0.29) is 24.5 Å². The highest BCUT2D eigenvalue weighted by Crippen LogP contribution is 2.37. The van der Waals surface area contributed by atoms with Crippen molar-refractivity contribution in [3.8, 4) is 11.1 Å². The van der Waals surface area contributed by atoms with E-state index in [1.165, 1.54) is 0 Å². The van der Waals surface area contributed by atoms with Crippen LogP contribution in [0.2, 0.25) is 0 Å². The average molecular weight is 503 g/mol. The summed E-state index contributed by atoms with van der Waals surface area (Å²) in [4.78, 5) is 38.9. The highest BCUT2D eigenvalue weighted by Gasteiger charge is 2.40. The number of esters is 2. The number of hydrogen-bond acceptors (Lipinski definition) is 5. The summed E-state index contributed by atoms with van der Waals surface area (Å²) in [7, 11) is 0. The van der Waals surface area contributed by atoms with Gasteiger partial charge in [-0.25, -0.2) is 0 Å². The van der Waals surface area contributed by atoms with E-state index in [4.69, 9.17) is 9.47 Å². The number of carbonyl (C=O) groups excluding carboxylic acids is 3. The minimum atomic E-state index is -0.635. The lowest BCUT2D eigenvalue weighted by atomic mass is 9.75. The molecule has 1 saturated carbocycles. The predicted octanol–water partition coefficient (Wildman–Crippen LogP) is 6.67. The zero-order valence-electron chi connectivity index (χ0n) is 22.1. The van der Waals surface area contributed by atoms with Gasteiger partial charge in [0.2, 0.25) is 0 Å². The van der Waals surface area contributed by atoms with Gasteiger partial charge < -0.3 is 9.47 Å². The predicted molar refractivity (Wildman–Crippen MR) is 144 cm³/mol. The summed E-state index contributed by atoms with van der Waals surface area (Å²) >= 11 is 0. The summed E-state index contributed by atoms with van der Waals surface area (Å²) in [6, 6.07) is 17.2. The molecule has 0 radical (unpaired) electrons. The number of allylic oxidation sites excluding steroid dienone is 2. The SMILES string of the molecule is CC(C)[C@H]1CC[C@@H](C)C[C@H]1OC(=O)[C@H]1CC=CC[C@@H]1C(=O)OCC(=O)c1ccc(-c2ccccc2)cc1. The van der Waals surface area contributed by atoms with Crippen molar-refractivity contribution >= 4 is 17.7 Å². The van der Waals surface area contributed by atoms with Crippen molar-refractivity contribution in [3.05, 3.63) is 72.3 Å². The van der Waals surface area contributed by atoms with E-state index in [1.807, 2.05) is 54.6 Å². The largest absolute Gasteiger partial charge is 0.462 e. The molecule has 196 valence electrons. The van der Waals surface area contributed by atoms with E-state index < -0.39 is 17.8 Å². The first-order valence-corrected chi connectivity index (χ1v) is 13.5. The lowest BCUT2D eigenvalue weighted by molar-refractivity contribution is -0.168. The Kier molecular flexibility index (Phi) is 8.96. The van der Waals surface area contributed by atoms with Gasteiger partial charge in [0.15, 0.2) is 12.4 Å². The van der Waals surface area contributed by atoms with Crippen LogP contribution in [-0.2, 0) is 19.1 Å². The molecule has 0 saturated heterocycles. The second-order valence-electron chi connectivity index (χ2n) is 10.9. The standard InChI is InChI=1S/C32H38O5/c1-21(2)26-18-13-22(3)19-30(26)37-32(35)28-12-8-7-11-27(28)31(34)36-20-29(33)25-16-14-24(15-17-25)23-9-5-4-6-10-23/h4-10,14-17,21-22,26-28,30H,11-13,18-20H2,1-3H3/t22-,26-,27+,28+,30-/m1/s1. The van der Waals surface area contributed by atoms with Crippen LogP contribution in [0.5, 0.6) is 0 Å². The molecular weight excluding hydrogens is 464 g/mol. The smallest absolute Gasteiger partial charge is 0.310 e. The Balaban J connectivity index is 1.35. The number of ketones is 1. The van der Waals surface area contributed by atoms with E-state index in [1.54, 1.807) is 12.1 Å². The molecular formula is C32H38O5. The molecule has 5 heteroatoms. The minimum Gasteiger partial charge on any atom is -0.462 e. The maximum atomic E-state index is 13.2. The van der Waals surface area contributed by atoms with Crippen molar-refractivity contribution in [1.82, 2.24) is 0 Å². The summed E-state index contributed by atoms with van der Waals surface area (Å²) < 4.78 is 11.5. The quantitative estimate of drug-likeness (QED) is 0.229. The van der Waals surface area contributed by atoms with Crippen LogP contribution in [0.15, 0.2) is 66.7 Å². The van der Waals surface area contributed by atoms with Crippen LogP contribution in [0.1, 0.15) is 63.2 Å². The summed E-state index contributed by atoms with van der Waals surface area (Å²) in [5.74, 6) is -1.02. The molecule has 0 unspecified atom stereocenters. The van der Waals surface area contributed by atoms with E-state index in [2.05, 4.69) is 20.8 Å². The van der Waals surface area contributed by atoms with E-state index in [0.29, 0.717) is 36.2 Å². The summed E-state index contributed by atoms with van der Waals surface area (Å²) in [6.45, 7) is 6.21. The molecule has 5 nitrogen and oxygen atoms in total. The lowest BCUT2D eigenvalue weighted by Crippen LogP contribution is -2.40. The van der Waals surface area contributed by atoms with Gasteiger partial charge in [0.25, 0.3) is 0 Å². The van der Waals surface area contributed by atoms with Gasteiger partial charge in [-0.05, 0) is 54.6 Å². The van der Waals surface area contributed by atoms with Crippen molar-refractivity contribution in [2.45, 2.75) is 59.0 Å². The van der Waals surface area contributed by atoms with Gasteiger partial charge >= 0.3 is 11.9 Å². The van der Waals surface area contributed by atoms with Crippen molar-refractivity contribution in [2.75, 3.05) is 6.61 Å². The van der Waals surface area contributed by atoms with Crippen LogP contribution in [0.3, 0.4) is 0 Å². The third kappa shape index (κ3) is 6.76. The first-order valence-electron chi connectivity index (χ1n) is 13.5.